The van der Waals surface area contributed by atoms with Crippen molar-refractivity contribution in [3.63, 3.8) is 0 Å². The van der Waals surface area contributed by atoms with Crippen LogP contribution < -0.4 is 10.1 Å². The van der Waals surface area contributed by atoms with Crippen molar-refractivity contribution in [3.05, 3.63) is 84.8 Å². The Morgan fingerprint density at radius 2 is 1.72 bits per heavy atom. The van der Waals surface area contributed by atoms with Crippen LogP contribution in [0.5, 0.6) is 5.75 Å². The molecule has 0 spiro atoms. The molecular weight excluding hydrogens is 312 g/mol. The molecule has 2 aromatic carbocycles. The van der Waals surface area contributed by atoms with Crippen LogP contribution >= 0.6 is 0 Å². The van der Waals surface area contributed by atoms with Crippen molar-refractivity contribution in [3.8, 4) is 5.75 Å². The maximum absolute atomic E-state index is 5.80. The highest BCUT2D eigenvalue weighted by molar-refractivity contribution is 5.76. The maximum atomic E-state index is 5.80. The van der Waals surface area contributed by atoms with E-state index in [1.165, 1.54) is 0 Å². The Morgan fingerprint density at radius 3 is 2.60 bits per heavy atom. The van der Waals surface area contributed by atoms with Crippen LogP contribution in [-0.2, 0) is 6.61 Å². The number of nitrogens with zero attached hydrogens (tertiary/aromatic N) is 3. The van der Waals surface area contributed by atoms with Gasteiger partial charge < -0.3 is 10.1 Å². The predicted octanol–water partition coefficient (Wildman–Crippen LogP) is 4.35. The summed E-state index contributed by atoms with van der Waals surface area (Å²) in [6.45, 7) is 0.431. The van der Waals surface area contributed by atoms with Gasteiger partial charge in [-0.1, -0.05) is 24.3 Å². The van der Waals surface area contributed by atoms with Crippen molar-refractivity contribution in [2.45, 2.75) is 6.61 Å². The fourth-order valence-electron chi connectivity index (χ4n) is 2.47. The second kappa shape index (κ2) is 6.97. The summed E-state index contributed by atoms with van der Waals surface area (Å²) in [5.74, 6) is 1.46. The average Bonchev–Trinajstić information content (AvgIpc) is 2.67. The highest BCUT2D eigenvalue weighted by atomic mass is 16.5. The largest absolute Gasteiger partial charge is 0.487 e. The lowest BCUT2D eigenvalue weighted by Crippen LogP contribution is -1.99. The fourth-order valence-corrected chi connectivity index (χ4v) is 2.47. The molecule has 5 heteroatoms. The van der Waals surface area contributed by atoms with Crippen molar-refractivity contribution < 1.29 is 4.74 Å². The van der Waals surface area contributed by atoms with E-state index in [1.54, 1.807) is 12.4 Å². The molecule has 122 valence electrons. The number of anilines is 2. The molecule has 0 aliphatic carbocycles. The third-order valence-electron chi connectivity index (χ3n) is 3.67. The normalized spacial score (nSPS) is 10.6. The molecule has 0 radical (unpaired) electrons. The summed E-state index contributed by atoms with van der Waals surface area (Å²) in [4.78, 5) is 13.2. The summed E-state index contributed by atoms with van der Waals surface area (Å²) >= 11 is 0. The molecule has 2 aromatic heterocycles. The topological polar surface area (TPSA) is 59.9 Å². The number of para-hydroxylation sites is 2. The molecular formula is C20H16N4O. The SMILES string of the molecule is c1ccc(COc2cccc(Nc3cnc4ccccc4n3)c2)nc1. The number of benzene rings is 2. The molecule has 25 heavy (non-hydrogen) atoms. The van der Waals surface area contributed by atoms with Crippen molar-refractivity contribution >= 4 is 22.5 Å². The smallest absolute Gasteiger partial charge is 0.149 e. The van der Waals surface area contributed by atoms with Gasteiger partial charge in [0.15, 0.2) is 0 Å². The van der Waals surface area contributed by atoms with Crippen molar-refractivity contribution in [1.29, 1.82) is 0 Å². The molecule has 4 rings (SSSR count). The monoisotopic (exact) mass is 328 g/mol. The molecule has 5 nitrogen and oxygen atoms in total. The first-order chi connectivity index (χ1) is 12.4. The highest BCUT2D eigenvalue weighted by Crippen LogP contribution is 2.22. The zero-order valence-electron chi connectivity index (χ0n) is 13.5. The summed E-state index contributed by atoms with van der Waals surface area (Å²) in [7, 11) is 0. The number of aromatic nitrogens is 3. The third-order valence-corrected chi connectivity index (χ3v) is 3.67. The predicted molar refractivity (Wildman–Crippen MR) is 97.8 cm³/mol. The number of hydrogen-bond donors (Lipinski definition) is 1. The Morgan fingerprint density at radius 1 is 0.840 bits per heavy atom. The van der Waals surface area contributed by atoms with Crippen LogP contribution in [0.2, 0.25) is 0 Å². The van der Waals surface area contributed by atoms with Gasteiger partial charge in [-0.05, 0) is 36.4 Å². The standard InChI is InChI=1S/C20H16N4O/c1-2-10-19-18(9-1)22-13-20(24-19)23-15-7-5-8-17(12-15)25-14-16-6-3-4-11-21-16/h1-13H,14H2,(H,23,24). The first kappa shape index (κ1) is 15.1. The Bertz CT molecular complexity index is 989. The zero-order chi connectivity index (χ0) is 16.9. The van der Waals surface area contributed by atoms with Crippen LogP contribution in [-0.4, -0.2) is 15.0 Å². The summed E-state index contributed by atoms with van der Waals surface area (Å²) in [6, 6.07) is 21.3. The molecule has 0 saturated heterocycles. The molecule has 0 amide bonds. The van der Waals surface area contributed by atoms with Crippen LogP contribution in [0.4, 0.5) is 11.5 Å². The number of rotatable bonds is 5. The molecule has 0 saturated carbocycles. The third kappa shape index (κ3) is 3.72. The van der Waals surface area contributed by atoms with Gasteiger partial charge >= 0.3 is 0 Å². The van der Waals surface area contributed by atoms with Gasteiger partial charge in [0.05, 0.1) is 22.9 Å². The molecule has 0 unspecified atom stereocenters. The van der Waals surface area contributed by atoms with E-state index in [1.807, 2.05) is 66.7 Å². The van der Waals surface area contributed by atoms with E-state index in [9.17, 15) is 0 Å². The van der Waals surface area contributed by atoms with Crippen LogP contribution in [0.1, 0.15) is 5.69 Å². The Balaban J connectivity index is 1.48. The molecule has 2 heterocycles. The Labute approximate surface area is 145 Å². The second-order valence-electron chi connectivity index (χ2n) is 5.51. The lowest BCUT2D eigenvalue weighted by atomic mass is 10.3. The molecule has 0 fully saturated rings. The molecule has 0 bridgehead atoms. The maximum Gasteiger partial charge on any atom is 0.149 e. The van der Waals surface area contributed by atoms with Gasteiger partial charge in [0.1, 0.15) is 18.2 Å². The number of ether oxygens (including phenoxy) is 1. The summed E-state index contributed by atoms with van der Waals surface area (Å²) in [5.41, 5.74) is 3.51. The van der Waals surface area contributed by atoms with Gasteiger partial charge in [0.2, 0.25) is 0 Å². The minimum atomic E-state index is 0.431. The van der Waals surface area contributed by atoms with E-state index in [2.05, 4.69) is 20.3 Å². The van der Waals surface area contributed by atoms with E-state index < -0.39 is 0 Å². The van der Waals surface area contributed by atoms with Gasteiger partial charge in [0, 0.05) is 18.0 Å². The Hall–Kier alpha value is -3.47. The number of pyridine rings is 1. The fraction of sp³-hybridized carbons (Fsp3) is 0.0500. The average molecular weight is 328 g/mol. The van der Waals surface area contributed by atoms with E-state index in [0.717, 1.165) is 28.2 Å². The van der Waals surface area contributed by atoms with E-state index >= 15 is 0 Å². The molecule has 0 atom stereocenters. The van der Waals surface area contributed by atoms with E-state index in [4.69, 9.17) is 4.74 Å². The van der Waals surface area contributed by atoms with Gasteiger partial charge in [-0.25, -0.2) is 4.98 Å². The van der Waals surface area contributed by atoms with Gasteiger partial charge in [0.25, 0.3) is 0 Å². The van der Waals surface area contributed by atoms with Crippen molar-refractivity contribution in [1.82, 2.24) is 15.0 Å². The number of nitrogens with one attached hydrogen (secondary N) is 1. The minimum Gasteiger partial charge on any atom is -0.487 e. The summed E-state index contributed by atoms with van der Waals surface area (Å²) in [5, 5.41) is 3.27. The van der Waals surface area contributed by atoms with Crippen molar-refractivity contribution in [2.75, 3.05) is 5.32 Å². The van der Waals surface area contributed by atoms with Gasteiger partial charge in [-0.15, -0.1) is 0 Å². The quantitative estimate of drug-likeness (QED) is 0.590. The van der Waals surface area contributed by atoms with Crippen LogP contribution in [0.25, 0.3) is 11.0 Å². The van der Waals surface area contributed by atoms with Crippen molar-refractivity contribution in [2.24, 2.45) is 0 Å². The molecule has 0 aliphatic rings. The van der Waals surface area contributed by atoms with E-state index in [-0.39, 0.29) is 0 Å². The lowest BCUT2D eigenvalue weighted by Gasteiger charge is -2.09. The number of hydrogen-bond acceptors (Lipinski definition) is 5. The highest BCUT2D eigenvalue weighted by Gasteiger charge is 2.02. The van der Waals surface area contributed by atoms with Gasteiger partial charge in [-0.3, -0.25) is 9.97 Å². The summed E-state index contributed by atoms with van der Waals surface area (Å²) in [6.07, 6.45) is 3.48. The first-order valence-electron chi connectivity index (χ1n) is 7.98. The first-order valence-corrected chi connectivity index (χ1v) is 7.98. The molecule has 4 aromatic rings. The van der Waals surface area contributed by atoms with Crippen LogP contribution in [0.15, 0.2) is 79.1 Å². The Kier molecular flexibility index (Phi) is 4.20. The zero-order valence-corrected chi connectivity index (χ0v) is 13.5. The lowest BCUT2D eigenvalue weighted by molar-refractivity contribution is 0.301. The van der Waals surface area contributed by atoms with Gasteiger partial charge in [-0.2, -0.15) is 0 Å². The minimum absolute atomic E-state index is 0.431. The summed E-state index contributed by atoms with van der Waals surface area (Å²) < 4.78 is 5.80. The van der Waals surface area contributed by atoms with Crippen LogP contribution in [0.3, 0.4) is 0 Å². The van der Waals surface area contributed by atoms with Crippen LogP contribution in [0, 0.1) is 0 Å². The molecule has 1 N–H and O–H groups in total. The molecule has 0 aliphatic heterocycles. The number of fused-ring (bicyclic) bond motifs is 1. The second-order valence-corrected chi connectivity index (χ2v) is 5.51. The van der Waals surface area contributed by atoms with E-state index in [0.29, 0.717) is 12.4 Å².